The molecule has 2 atom stereocenters. The number of carbonyl (C=O) groups is 3. The lowest BCUT2D eigenvalue weighted by Crippen LogP contribution is -2.64. The maximum atomic E-state index is 12.6. The van der Waals surface area contributed by atoms with Gasteiger partial charge in [0.15, 0.2) is 12.2 Å². The van der Waals surface area contributed by atoms with Gasteiger partial charge in [-0.15, -0.1) is 0 Å². The maximum absolute atomic E-state index is 12.6. The molecule has 3 aliphatic rings. The lowest BCUT2D eigenvalue weighted by Gasteiger charge is -2.40. The number of anilines is 2. The number of nitrogens with one attached hydrogen (secondary N) is 1. The van der Waals surface area contributed by atoms with E-state index in [9.17, 15) is 24.5 Å². The molecule has 0 saturated carbocycles. The molecule has 41 heavy (non-hydrogen) atoms. The molecule has 2 unspecified atom stereocenters. The predicted octanol–water partition coefficient (Wildman–Crippen LogP) is 1.63. The van der Waals surface area contributed by atoms with Crippen molar-refractivity contribution in [1.29, 1.82) is 0 Å². The van der Waals surface area contributed by atoms with Gasteiger partial charge in [-0.1, -0.05) is 12.1 Å². The van der Waals surface area contributed by atoms with Crippen LogP contribution < -0.4 is 10.2 Å². The molecule has 4 amide bonds. The number of urea groups is 1. The molecule has 0 aromatic heterocycles. The van der Waals surface area contributed by atoms with Gasteiger partial charge in [0.25, 0.3) is 11.6 Å². The normalized spacial score (nSPS) is 20.5. The second-order valence-electron chi connectivity index (χ2n) is 9.95. The minimum absolute atomic E-state index is 0.115. The molecule has 0 bridgehead atoms. The van der Waals surface area contributed by atoms with Crippen LogP contribution in [0.15, 0.2) is 53.5 Å². The summed E-state index contributed by atoms with van der Waals surface area (Å²) in [5.74, 6) is -0.156. The smallest absolute Gasteiger partial charge is 0.328 e. The van der Waals surface area contributed by atoms with Crippen molar-refractivity contribution < 1.29 is 24.4 Å². The highest BCUT2D eigenvalue weighted by atomic mass is 16.6. The molecule has 2 saturated heterocycles. The second kappa shape index (κ2) is 12.6. The Morgan fingerprint density at radius 2 is 1.71 bits per heavy atom. The van der Waals surface area contributed by atoms with E-state index in [1.165, 1.54) is 37.1 Å². The van der Waals surface area contributed by atoms with E-state index in [4.69, 9.17) is 5.11 Å². The molecule has 2 aromatic rings. The number of nitrogens with zero attached hydrogens (tertiary/aromatic N) is 7. The molecule has 14 nitrogen and oxygen atoms in total. The first-order valence-electron chi connectivity index (χ1n) is 13.2. The topological polar surface area (TPSA) is 155 Å². The first-order valence-corrected chi connectivity index (χ1v) is 13.2. The molecule has 3 heterocycles. The van der Waals surface area contributed by atoms with E-state index >= 15 is 0 Å². The first-order chi connectivity index (χ1) is 19.6. The molecular weight excluding hydrogens is 532 g/mol. The number of aliphatic imine (C=N–C) groups is 1. The number of nitro benzene ring substituents is 1. The van der Waals surface area contributed by atoms with Crippen molar-refractivity contribution in [3.8, 4) is 5.75 Å². The SMILES string of the molecule is CC(=O)Nc1ccc(O)cc1.CN1C(=O)C2C(N=CN2CCN2CCN(c3ccccc3[N+](=O)[O-])CC2)N(C)C1=O. The molecule has 2 N–H and O–H groups in total. The molecule has 2 fully saturated rings. The van der Waals surface area contributed by atoms with Gasteiger partial charge in [-0.3, -0.25) is 29.5 Å². The Morgan fingerprint density at radius 1 is 1.05 bits per heavy atom. The summed E-state index contributed by atoms with van der Waals surface area (Å²) in [7, 11) is 3.15. The van der Waals surface area contributed by atoms with Crippen molar-refractivity contribution in [3.63, 3.8) is 0 Å². The van der Waals surface area contributed by atoms with Crippen LogP contribution in [0.5, 0.6) is 5.75 Å². The van der Waals surface area contributed by atoms with Crippen LogP contribution in [0.1, 0.15) is 6.92 Å². The predicted molar refractivity (Wildman–Crippen MR) is 153 cm³/mol. The quantitative estimate of drug-likeness (QED) is 0.301. The van der Waals surface area contributed by atoms with Crippen molar-refractivity contribution in [2.45, 2.75) is 19.1 Å². The summed E-state index contributed by atoms with van der Waals surface area (Å²) in [6.45, 7) is 5.75. The number of fused-ring (bicyclic) bond motifs is 1. The molecule has 0 spiro atoms. The van der Waals surface area contributed by atoms with Gasteiger partial charge in [0.2, 0.25) is 5.91 Å². The Balaban J connectivity index is 0.000000296. The zero-order valence-electron chi connectivity index (χ0n) is 23.2. The second-order valence-corrected chi connectivity index (χ2v) is 9.95. The van der Waals surface area contributed by atoms with Crippen LogP contribution in [0.3, 0.4) is 0 Å². The van der Waals surface area contributed by atoms with Crippen molar-refractivity contribution in [3.05, 3.63) is 58.6 Å². The molecule has 5 rings (SSSR count). The fourth-order valence-electron chi connectivity index (χ4n) is 5.00. The summed E-state index contributed by atoms with van der Waals surface area (Å²) < 4.78 is 0. The van der Waals surface area contributed by atoms with Gasteiger partial charge in [0.1, 0.15) is 11.4 Å². The van der Waals surface area contributed by atoms with Crippen molar-refractivity contribution in [1.82, 2.24) is 19.6 Å². The summed E-state index contributed by atoms with van der Waals surface area (Å²) >= 11 is 0. The highest BCUT2D eigenvalue weighted by Crippen LogP contribution is 2.28. The average Bonchev–Trinajstić information content (AvgIpc) is 3.40. The number of phenolic OH excluding ortho intramolecular Hbond substituents is 1. The number of amides is 4. The molecular formula is C27H34N8O6. The molecule has 3 aliphatic heterocycles. The third-order valence-corrected chi connectivity index (χ3v) is 7.23. The third-order valence-electron chi connectivity index (χ3n) is 7.23. The van der Waals surface area contributed by atoms with Gasteiger partial charge in [-0.05, 0) is 30.3 Å². The number of aromatic hydroxyl groups is 1. The van der Waals surface area contributed by atoms with E-state index in [1.807, 2.05) is 15.9 Å². The fourth-order valence-corrected chi connectivity index (χ4v) is 5.00. The van der Waals surface area contributed by atoms with Gasteiger partial charge in [-0.25, -0.2) is 9.79 Å². The number of benzene rings is 2. The number of hydrogen-bond acceptors (Lipinski definition) is 10. The Morgan fingerprint density at radius 3 is 2.34 bits per heavy atom. The van der Waals surface area contributed by atoms with Crippen molar-refractivity contribution >= 4 is 41.2 Å². The number of phenols is 1. The average molecular weight is 567 g/mol. The van der Waals surface area contributed by atoms with Crippen LogP contribution in [0.4, 0.5) is 21.9 Å². The summed E-state index contributed by atoms with van der Waals surface area (Å²) in [5.41, 5.74) is 1.47. The summed E-state index contributed by atoms with van der Waals surface area (Å²) in [5, 5.41) is 22.7. The maximum Gasteiger partial charge on any atom is 0.328 e. The third kappa shape index (κ3) is 6.72. The number of hydrogen-bond donors (Lipinski definition) is 2. The summed E-state index contributed by atoms with van der Waals surface area (Å²) in [6, 6.07) is 12.3. The summed E-state index contributed by atoms with van der Waals surface area (Å²) in [6.07, 6.45) is 1.19. The molecule has 218 valence electrons. The van der Waals surface area contributed by atoms with E-state index in [2.05, 4.69) is 15.2 Å². The van der Waals surface area contributed by atoms with Gasteiger partial charge < -0.3 is 25.1 Å². The Kier molecular flexibility index (Phi) is 9.02. The number of imide groups is 1. The number of rotatable bonds is 6. The highest BCUT2D eigenvalue weighted by Gasteiger charge is 2.48. The Bertz CT molecular complexity index is 1310. The van der Waals surface area contributed by atoms with Crippen LogP contribution in [0.25, 0.3) is 0 Å². The van der Waals surface area contributed by atoms with E-state index in [0.29, 0.717) is 31.0 Å². The van der Waals surface area contributed by atoms with Crippen LogP contribution in [0, 0.1) is 10.1 Å². The Hall–Kier alpha value is -4.72. The van der Waals surface area contributed by atoms with Crippen LogP contribution in [0.2, 0.25) is 0 Å². The van der Waals surface area contributed by atoms with Crippen LogP contribution in [-0.2, 0) is 9.59 Å². The largest absolute Gasteiger partial charge is 0.508 e. The highest BCUT2D eigenvalue weighted by molar-refractivity contribution is 6.01. The van der Waals surface area contributed by atoms with Crippen LogP contribution >= 0.6 is 0 Å². The van der Waals surface area contributed by atoms with Crippen molar-refractivity contribution in [2.75, 3.05) is 63.6 Å². The minimum Gasteiger partial charge on any atom is -0.508 e. The standard InChI is InChI=1S/C19H25N7O4.C8H9NO2/c1-21-17-16(18(27)22(2)19(21)28)25(13-20-17)12-9-23-7-10-24(11-8-23)14-5-3-4-6-15(14)26(29)30;1-6(10)9-7-2-4-8(11)5-3-7/h3-6,13,16-17H,7-12H2,1-2H3;2-5,11H,1H3,(H,9,10). The van der Waals surface area contributed by atoms with E-state index in [0.717, 1.165) is 24.5 Å². The van der Waals surface area contributed by atoms with Gasteiger partial charge >= 0.3 is 6.03 Å². The number of nitro groups is 1. The number of likely N-dealkylation sites (N-methyl/N-ethyl adjacent to an activating group) is 2. The van der Waals surface area contributed by atoms with Gasteiger partial charge in [0.05, 0.1) is 11.3 Å². The number of carbonyl (C=O) groups excluding carboxylic acids is 3. The van der Waals surface area contributed by atoms with Crippen LogP contribution in [-0.4, -0.2) is 119 Å². The number of piperazine rings is 1. The first kappa shape index (κ1) is 29.3. The van der Waals surface area contributed by atoms with E-state index in [-0.39, 0.29) is 34.2 Å². The van der Waals surface area contributed by atoms with Gasteiger partial charge in [-0.2, -0.15) is 0 Å². The summed E-state index contributed by atoms with van der Waals surface area (Å²) in [4.78, 5) is 59.4. The molecule has 2 aromatic carbocycles. The zero-order chi connectivity index (χ0) is 29.7. The molecule has 0 radical (unpaired) electrons. The van der Waals surface area contributed by atoms with Gasteiger partial charge in [0, 0.05) is 72.0 Å². The number of para-hydroxylation sites is 2. The molecule has 0 aliphatic carbocycles. The zero-order valence-corrected chi connectivity index (χ0v) is 23.2. The van der Waals surface area contributed by atoms with Crippen molar-refractivity contribution in [2.24, 2.45) is 4.99 Å². The lowest BCUT2D eigenvalue weighted by atomic mass is 10.1. The fraction of sp³-hybridized carbons (Fsp3) is 0.407. The minimum atomic E-state index is -0.481. The molecule has 14 heteroatoms. The monoisotopic (exact) mass is 566 g/mol. The van der Waals surface area contributed by atoms with E-state index in [1.54, 1.807) is 37.7 Å². The lowest BCUT2D eigenvalue weighted by molar-refractivity contribution is -0.384. The Labute approximate surface area is 237 Å². The van der Waals surface area contributed by atoms with E-state index < -0.39 is 12.2 Å².